The van der Waals surface area contributed by atoms with E-state index >= 15 is 0 Å². The molecule has 0 amide bonds. The van der Waals surface area contributed by atoms with Gasteiger partial charge in [0.2, 0.25) is 0 Å². The van der Waals surface area contributed by atoms with Gasteiger partial charge in [0.1, 0.15) is 0 Å². The fraction of sp³-hybridized carbons (Fsp3) is 0.625. The molecule has 0 unspecified atom stereocenters. The molecule has 1 aromatic rings. The summed E-state index contributed by atoms with van der Waals surface area (Å²) in [6.45, 7) is 10.3. The zero-order valence-electron chi connectivity index (χ0n) is 12.0. The van der Waals surface area contributed by atoms with E-state index in [1.807, 2.05) is 12.1 Å². The molecule has 0 aromatic heterocycles. The lowest BCUT2D eigenvalue weighted by Gasteiger charge is -2.27. The Morgan fingerprint density at radius 1 is 1.32 bits per heavy atom. The number of nitrogens with zero attached hydrogens (tertiary/aromatic N) is 1. The summed E-state index contributed by atoms with van der Waals surface area (Å²) in [5.74, 6) is 1.52. The fourth-order valence-corrected chi connectivity index (χ4v) is 2.93. The van der Waals surface area contributed by atoms with Crippen LogP contribution >= 0.6 is 11.6 Å². The molecule has 0 radical (unpaired) electrons. The van der Waals surface area contributed by atoms with E-state index in [0.29, 0.717) is 5.92 Å². The van der Waals surface area contributed by atoms with Crippen molar-refractivity contribution in [1.29, 1.82) is 0 Å². The number of nitrogens with one attached hydrogen (secondary N) is 1. The lowest BCUT2D eigenvalue weighted by atomic mass is 10.1. The molecule has 1 aliphatic rings. The van der Waals surface area contributed by atoms with Crippen molar-refractivity contribution in [3.8, 4) is 0 Å². The molecule has 2 nitrogen and oxygen atoms in total. The molecule has 1 aromatic carbocycles. The van der Waals surface area contributed by atoms with Gasteiger partial charge in [0.25, 0.3) is 0 Å². The summed E-state index contributed by atoms with van der Waals surface area (Å²) in [6, 6.07) is 8.26. The van der Waals surface area contributed by atoms with Crippen molar-refractivity contribution < 1.29 is 0 Å². The number of benzene rings is 1. The largest absolute Gasteiger partial charge is 0.316 e. The molecule has 3 heteroatoms. The van der Waals surface area contributed by atoms with Crippen LogP contribution < -0.4 is 5.32 Å². The topological polar surface area (TPSA) is 15.3 Å². The Hall–Kier alpha value is -0.570. The van der Waals surface area contributed by atoms with Crippen molar-refractivity contribution in [2.45, 2.75) is 26.8 Å². The van der Waals surface area contributed by atoms with Crippen molar-refractivity contribution in [2.24, 2.45) is 11.8 Å². The molecule has 1 saturated heterocycles. The highest BCUT2D eigenvalue weighted by Crippen LogP contribution is 2.16. The predicted octanol–water partition coefficient (Wildman–Crippen LogP) is 3.41. The van der Waals surface area contributed by atoms with Crippen LogP contribution in [0.3, 0.4) is 0 Å². The molecule has 1 aliphatic heterocycles. The molecular weight excluding hydrogens is 256 g/mol. The third-order valence-corrected chi connectivity index (χ3v) is 3.87. The highest BCUT2D eigenvalue weighted by molar-refractivity contribution is 6.30. The minimum Gasteiger partial charge on any atom is -0.316 e. The maximum atomic E-state index is 5.95. The van der Waals surface area contributed by atoms with Crippen LogP contribution in [0.5, 0.6) is 0 Å². The Morgan fingerprint density at radius 3 is 2.63 bits per heavy atom. The maximum Gasteiger partial charge on any atom is 0.0406 e. The van der Waals surface area contributed by atoms with E-state index in [9.17, 15) is 0 Å². The molecule has 0 bridgehead atoms. The molecule has 2 rings (SSSR count). The second-order valence-corrected chi connectivity index (χ2v) is 6.51. The average Bonchev–Trinajstić information content (AvgIpc) is 2.84. The minimum absolute atomic E-state index is 0.710. The molecule has 106 valence electrons. The van der Waals surface area contributed by atoms with Crippen LogP contribution in [-0.4, -0.2) is 31.1 Å². The van der Waals surface area contributed by atoms with Crippen LogP contribution in [0.4, 0.5) is 0 Å². The van der Waals surface area contributed by atoms with Gasteiger partial charge in [-0.1, -0.05) is 37.6 Å². The first-order chi connectivity index (χ1) is 9.13. The number of hydrogen-bond donors (Lipinski definition) is 1. The van der Waals surface area contributed by atoms with Gasteiger partial charge in [0.15, 0.2) is 0 Å². The van der Waals surface area contributed by atoms with Gasteiger partial charge in [0.05, 0.1) is 0 Å². The first-order valence-corrected chi connectivity index (χ1v) is 7.69. The normalized spacial score (nSPS) is 19.5. The summed E-state index contributed by atoms with van der Waals surface area (Å²) in [6.07, 6.45) is 1.31. The minimum atomic E-state index is 0.710. The van der Waals surface area contributed by atoms with Gasteiger partial charge in [-0.2, -0.15) is 0 Å². The summed E-state index contributed by atoms with van der Waals surface area (Å²) < 4.78 is 0. The Labute approximate surface area is 122 Å². The summed E-state index contributed by atoms with van der Waals surface area (Å²) >= 11 is 5.95. The van der Waals surface area contributed by atoms with Crippen LogP contribution in [0.1, 0.15) is 25.8 Å². The van der Waals surface area contributed by atoms with E-state index < -0.39 is 0 Å². The lowest BCUT2D eigenvalue weighted by molar-refractivity contribution is 0.205. The van der Waals surface area contributed by atoms with E-state index in [0.717, 1.165) is 17.5 Å². The van der Waals surface area contributed by atoms with Crippen molar-refractivity contribution >= 4 is 11.6 Å². The molecule has 1 N–H and O–H groups in total. The zero-order chi connectivity index (χ0) is 13.7. The van der Waals surface area contributed by atoms with Gasteiger partial charge >= 0.3 is 0 Å². The smallest absolute Gasteiger partial charge is 0.0406 e. The molecular formula is C16H25ClN2. The van der Waals surface area contributed by atoms with E-state index in [1.54, 1.807) is 0 Å². The third-order valence-electron chi connectivity index (χ3n) is 3.62. The molecule has 1 atom stereocenters. The summed E-state index contributed by atoms with van der Waals surface area (Å²) in [5.41, 5.74) is 1.36. The monoisotopic (exact) mass is 280 g/mol. The van der Waals surface area contributed by atoms with E-state index in [1.165, 1.54) is 38.2 Å². The highest BCUT2D eigenvalue weighted by Gasteiger charge is 2.18. The zero-order valence-corrected chi connectivity index (χ0v) is 12.8. The van der Waals surface area contributed by atoms with Crippen molar-refractivity contribution in [2.75, 3.05) is 26.2 Å². The summed E-state index contributed by atoms with van der Waals surface area (Å²) in [4.78, 5) is 2.59. The molecule has 0 aliphatic carbocycles. The van der Waals surface area contributed by atoms with E-state index in [-0.39, 0.29) is 0 Å². The summed E-state index contributed by atoms with van der Waals surface area (Å²) in [5, 5.41) is 4.28. The Balaban J connectivity index is 1.93. The summed E-state index contributed by atoms with van der Waals surface area (Å²) in [7, 11) is 0. The number of halogens is 1. The molecule has 19 heavy (non-hydrogen) atoms. The van der Waals surface area contributed by atoms with Gasteiger partial charge in [-0.25, -0.2) is 0 Å². The second kappa shape index (κ2) is 7.28. The Kier molecular flexibility index (Phi) is 5.68. The predicted molar refractivity (Wildman–Crippen MR) is 82.5 cm³/mol. The average molecular weight is 281 g/mol. The molecule has 0 saturated carbocycles. The van der Waals surface area contributed by atoms with Crippen molar-refractivity contribution in [3.05, 3.63) is 34.9 Å². The van der Waals surface area contributed by atoms with Gasteiger partial charge < -0.3 is 5.32 Å². The lowest BCUT2D eigenvalue weighted by Crippen LogP contribution is -2.33. The van der Waals surface area contributed by atoms with Gasteiger partial charge in [-0.15, -0.1) is 0 Å². The fourth-order valence-electron chi connectivity index (χ4n) is 2.80. The quantitative estimate of drug-likeness (QED) is 0.859. The Bertz CT molecular complexity index is 369. The Morgan fingerprint density at radius 2 is 2.05 bits per heavy atom. The third kappa shape index (κ3) is 5.13. The second-order valence-electron chi connectivity index (χ2n) is 6.07. The van der Waals surface area contributed by atoms with Gasteiger partial charge in [0, 0.05) is 24.7 Å². The highest BCUT2D eigenvalue weighted by atomic mass is 35.5. The van der Waals surface area contributed by atoms with E-state index in [4.69, 9.17) is 11.6 Å². The van der Waals surface area contributed by atoms with Crippen LogP contribution in [0.2, 0.25) is 5.02 Å². The molecule has 1 heterocycles. The standard InChI is InChI=1S/C16H25ClN2/c1-13(2)10-19(12-15-7-8-18-9-15)11-14-3-5-16(17)6-4-14/h3-6,13,15,18H,7-12H2,1-2H3/t15-/m0/s1. The van der Waals surface area contributed by atoms with E-state index in [2.05, 4.69) is 36.2 Å². The SMILES string of the molecule is CC(C)CN(Cc1ccc(Cl)cc1)C[C@H]1CCNC1. The molecule has 1 fully saturated rings. The van der Waals surface area contributed by atoms with Crippen molar-refractivity contribution in [1.82, 2.24) is 10.2 Å². The van der Waals surface area contributed by atoms with Crippen LogP contribution in [0.25, 0.3) is 0 Å². The van der Waals surface area contributed by atoms with Crippen molar-refractivity contribution in [3.63, 3.8) is 0 Å². The van der Waals surface area contributed by atoms with Crippen LogP contribution in [0, 0.1) is 11.8 Å². The van der Waals surface area contributed by atoms with Crippen LogP contribution in [-0.2, 0) is 6.54 Å². The van der Waals surface area contributed by atoms with Gasteiger partial charge in [-0.05, 0) is 49.0 Å². The van der Waals surface area contributed by atoms with Crippen LogP contribution in [0.15, 0.2) is 24.3 Å². The first kappa shape index (κ1) is 14.8. The number of hydrogen-bond acceptors (Lipinski definition) is 2. The molecule has 0 spiro atoms. The first-order valence-electron chi connectivity index (χ1n) is 7.31. The number of rotatable bonds is 6. The maximum absolute atomic E-state index is 5.95. The van der Waals surface area contributed by atoms with Gasteiger partial charge in [-0.3, -0.25) is 4.90 Å².